The Morgan fingerprint density at radius 2 is 1.45 bits per heavy atom. The highest BCUT2D eigenvalue weighted by atomic mass is 19.4. The van der Waals surface area contributed by atoms with Crippen molar-refractivity contribution in [2.75, 3.05) is 13.2 Å². The highest BCUT2D eigenvalue weighted by molar-refractivity contribution is 5.92. The molecule has 0 aliphatic rings. The van der Waals surface area contributed by atoms with Gasteiger partial charge < -0.3 is 9.47 Å². The Labute approximate surface area is 112 Å². The molecule has 0 saturated carbocycles. The molecule has 8 heteroatoms. The highest BCUT2D eigenvalue weighted by Gasteiger charge is 2.33. The van der Waals surface area contributed by atoms with Gasteiger partial charge in [0.05, 0.1) is 18.8 Å². The van der Waals surface area contributed by atoms with Crippen LogP contribution in [-0.2, 0) is 15.7 Å². The molecule has 0 aromatic carbocycles. The molecule has 1 heterocycles. The summed E-state index contributed by atoms with van der Waals surface area (Å²) >= 11 is 0. The number of aromatic nitrogens is 1. The summed E-state index contributed by atoms with van der Waals surface area (Å²) in [5, 5.41) is 0. The summed E-state index contributed by atoms with van der Waals surface area (Å²) in [4.78, 5) is 26.4. The summed E-state index contributed by atoms with van der Waals surface area (Å²) in [5.41, 5.74) is -2.35. The van der Waals surface area contributed by atoms with Crippen molar-refractivity contribution in [3.63, 3.8) is 0 Å². The summed E-state index contributed by atoms with van der Waals surface area (Å²) in [6, 6.07) is 1.06. The van der Waals surface area contributed by atoms with Crippen LogP contribution < -0.4 is 0 Å². The number of rotatable bonds is 4. The monoisotopic (exact) mass is 291 g/mol. The molecule has 0 radical (unpaired) electrons. The molecule has 0 aliphatic heterocycles. The van der Waals surface area contributed by atoms with Gasteiger partial charge in [-0.2, -0.15) is 13.2 Å². The van der Waals surface area contributed by atoms with E-state index in [0.717, 1.165) is 0 Å². The van der Waals surface area contributed by atoms with Crippen molar-refractivity contribution in [2.24, 2.45) is 0 Å². The van der Waals surface area contributed by atoms with Crippen LogP contribution in [0.25, 0.3) is 0 Å². The quantitative estimate of drug-likeness (QED) is 0.797. The molecule has 0 spiro atoms. The maximum atomic E-state index is 12.7. The molecule has 5 nitrogen and oxygen atoms in total. The zero-order chi connectivity index (χ0) is 15.3. The van der Waals surface area contributed by atoms with Crippen molar-refractivity contribution in [1.82, 2.24) is 4.98 Å². The number of carbonyl (C=O) groups is 2. The van der Waals surface area contributed by atoms with Gasteiger partial charge in [0, 0.05) is 0 Å². The molecule has 0 bridgehead atoms. The molecule has 1 aromatic rings. The molecule has 110 valence electrons. The smallest absolute Gasteiger partial charge is 0.416 e. The number of hydrogen-bond donors (Lipinski definition) is 0. The molecule has 0 saturated heterocycles. The largest absolute Gasteiger partial charge is 0.461 e. The average molecular weight is 291 g/mol. The van der Waals surface area contributed by atoms with Crippen LogP contribution in [0.4, 0.5) is 13.2 Å². The maximum absolute atomic E-state index is 12.7. The third-order valence-electron chi connectivity index (χ3n) is 2.12. The van der Waals surface area contributed by atoms with Crippen LogP contribution in [0.2, 0.25) is 0 Å². The van der Waals surface area contributed by atoms with Crippen molar-refractivity contribution < 1.29 is 32.2 Å². The summed E-state index contributed by atoms with van der Waals surface area (Å²) in [5.74, 6) is -2.08. The van der Waals surface area contributed by atoms with E-state index in [0.29, 0.717) is 12.1 Å². The van der Waals surface area contributed by atoms with Gasteiger partial charge in [-0.25, -0.2) is 14.6 Å². The number of halogens is 3. The third kappa shape index (κ3) is 3.94. The number of alkyl halides is 3. The number of esters is 2. The van der Waals surface area contributed by atoms with Gasteiger partial charge in [-0.3, -0.25) is 0 Å². The lowest BCUT2D eigenvalue weighted by atomic mass is 10.2. The lowest BCUT2D eigenvalue weighted by molar-refractivity contribution is -0.137. The van der Waals surface area contributed by atoms with E-state index in [1.54, 1.807) is 0 Å². The van der Waals surface area contributed by atoms with Gasteiger partial charge in [0.15, 0.2) is 0 Å². The van der Waals surface area contributed by atoms with Gasteiger partial charge in [0.1, 0.15) is 11.4 Å². The van der Waals surface area contributed by atoms with E-state index >= 15 is 0 Å². The normalized spacial score (nSPS) is 11.1. The Morgan fingerprint density at radius 1 is 1.05 bits per heavy atom. The average Bonchev–Trinajstić information content (AvgIpc) is 2.37. The zero-order valence-corrected chi connectivity index (χ0v) is 10.8. The fraction of sp³-hybridized carbons (Fsp3) is 0.417. The van der Waals surface area contributed by atoms with Crippen LogP contribution >= 0.6 is 0 Å². The second-order valence-electron chi connectivity index (χ2n) is 3.57. The molecule has 0 fully saturated rings. The second kappa shape index (κ2) is 6.36. The summed E-state index contributed by atoms with van der Waals surface area (Å²) in [7, 11) is 0. The van der Waals surface area contributed by atoms with Gasteiger partial charge in [-0.15, -0.1) is 0 Å². The first-order valence-electron chi connectivity index (χ1n) is 5.73. The predicted octanol–water partition coefficient (Wildman–Crippen LogP) is 2.45. The van der Waals surface area contributed by atoms with Crippen LogP contribution in [0.15, 0.2) is 12.1 Å². The molecule has 20 heavy (non-hydrogen) atoms. The predicted molar refractivity (Wildman–Crippen MR) is 61.2 cm³/mol. The van der Waals surface area contributed by atoms with Gasteiger partial charge >= 0.3 is 18.1 Å². The van der Waals surface area contributed by atoms with Gasteiger partial charge in [0.25, 0.3) is 0 Å². The molecule has 0 amide bonds. The standard InChI is InChI=1S/C12H12F3NO4/c1-3-19-10(17)8-5-7(12(13,14)15)6-9(16-8)11(18)20-4-2/h5-6H,3-4H2,1-2H3. The van der Waals surface area contributed by atoms with Crippen molar-refractivity contribution in [1.29, 1.82) is 0 Å². The molecular formula is C12H12F3NO4. The fourth-order valence-electron chi connectivity index (χ4n) is 1.31. The van der Waals surface area contributed by atoms with Crippen molar-refractivity contribution in [3.05, 3.63) is 29.1 Å². The lowest BCUT2D eigenvalue weighted by Gasteiger charge is -2.10. The molecule has 0 atom stereocenters. The summed E-state index contributed by atoms with van der Waals surface area (Å²) in [6.07, 6.45) is -4.72. The number of ether oxygens (including phenoxy) is 2. The first-order valence-corrected chi connectivity index (χ1v) is 5.73. The first-order chi connectivity index (χ1) is 9.29. The minimum Gasteiger partial charge on any atom is -0.461 e. The molecule has 0 N–H and O–H groups in total. The Hall–Kier alpha value is -2.12. The van der Waals surface area contributed by atoms with Gasteiger partial charge in [-0.05, 0) is 26.0 Å². The molecule has 1 rings (SSSR count). The van der Waals surface area contributed by atoms with Gasteiger partial charge in [0.2, 0.25) is 0 Å². The summed E-state index contributed by atoms with van der Waals surface area (Å²) < 4.78 is 47.3. The van der Waals surface area contributed by atoms with E-state index in [4.69, 9.17) is 0 Å². The number of nitrogens with zero attached hydrogens (tertiary/aromatic N) is 1. The lowest BCUT2D eigenvalue weighted by Crippen LogP contribution is -2.16. The maximum Gasteiger partial charge on any atom is 0.416 e. The van der Waals surface area contributed by atoms with Crippen LogP contribution in [0.1, 0.15) is 40.4 Å². The number of hydrogen-bond acceptors (Lipinski definition) is 5. The van der Waals surface area contributed by atoms with E-state index in [-0.39, 0.29) is 13.2 Å². The number of pyridine rings is 1. The van der Waals surface area contributed by atoms with E-state index in [9.17, 15) is 22.8 Å². The Kier molecular flexibility index (Phi) is 5.06. The van der Waals surface area contributed by atoms with E-state index in [1.807, 2.05) is 0 Å². The number of carbonyl (C=O) groups excluding carboxylic acids is 2. The molecule has 0 aliphatic carbocycles. The van der Waals surface area contributed by atoms with Crippen LogP contribution in [-0.4, -0.2) is 30.1 Å². The first kappa shape index (κ1) is 15.9. The van der Waals surface area contributed by atoms with Crippen molar-refractivity contribution >= 4 is 11.9 Å². The third-order valence-corrected chi connectivity index (χ3v) is 2.12. The minimum atomic E-state index is -4.72. The van der Waals surface area contributed by atoms with Crippen molar-refractivity contribution in [3.8, 4) is 0 Å². The summed E-state index contributed by atoms with van der Waals surface area (Å²) in [6.45, 7) is 2.95. The highest BCUT2D eigenvalue weighted by Crippen LogP contribution is 2.30. The Morgan fingerprint density at radius 3 is 1.75 bits per heavy atom. The molecule has 1 aromatic heterocycles. The molecular weight excluding hydrogens is 279 g/mol. The van der Waals surface area contributed by atoms with Crippen molar-refractivity contribution in [2.45, 2.75) is 20.0 Å². The van der Waals surface area contributed by atoms with Crippen LogP contribution in [0.5, 0.6) is 0 Å². The Bertz CT molecular complexity index is 478. The van der Waals surface area contributed by atoms with Crippen LogP contribution in [0.3, 0.4) is 0 Å². The van der Waals surface area contributed by atoms with Gasteiger partial charge in [-0.1, -0.05) is 0 Å². The van der Waals surface area contributed by atoms with E-state index in [2.05, 4.69) is 14.5 Å². The fourth-order valence-corrected chi connectivity index (χ4v) is 1.31. The second-order valence-corrected chi connectivity index (χ2v) is 3.57. The topological polar surface area (TPSA) is 65.5 Å². The van der Waals surface area contributed by atoms with E-state index in [1.165, 1.54) is 13.8 Å². The minimum absolute atomic E-state index is 0.0223. The molecule has 0 unspecified atom stereocenters. The van der Waals surface area contributed by atoms with E-state index < -0.39 is 35.1 Å². The Balaban J connectivity index is 3.28. The zero-order valence-electron chi connectivity index (χ0n) is 10.8. The SMILES string of the molecule is CCOC(=O)c1cc(C(F)(F)F)cc(C(=O)OCC)n1. The van der Waals surface area contributed by atoms with Crippen LogP contribution in [0, 0.1) is 0 Å².